The minimum atomic E-state index is 0.990. The molecule has 0 aliphatic carbocycles. The van der Waals surface area contributed by atoms with Gasteiger partial charge in [0, 0.05) is 21.9 Å². The van der Waals surface area contributed by atoms with Gasteiger partial charge in [-0.15, -0.1) is 0 Å². The Labute approximate surface area is 69.4 Å². The van der Waals surface area contributed by atoms with Gasteiger partial charge in [0.05, 0.1) is 0 Å². The van der Waals surface area contributed by atoms with E-state index in [0.717, 1.165) is 16.0 Å². The first-order chi connectivity index (χ1) is 3.35. The van der Waals surface area contributed by atoms with Crippen molar-refractivity contribution >= 4 is 47.8 Å². The summed E-state index contributed by atoms with van der Waals surface area (Å²) in [6, 6.07) is 0. The van der Waals surface area contributed by atoms with Crippen LogP contribution in [0.4, 0.5) is 0 Å². The quantitative estimate of drug-likeness (QED) is 0.702. The van der Waals surface area contributed by atoms with Crippen LogP contribution >= 0.6 is 47.8 Å². The Hall–Kier alpha value is 1.44. The lowest BCUT2D eigenvalue weighted by Gasteiger charge is -2.00. The average molecular weight is 294 g/mol. The number of halogens is 3. The topological polar surface area (TPSA) is 0 Å². The molecule has 0 amide bonds. The van der Waals surface area contributed by atoms with E-state index in [2.05, 4.69) is 47.8 Å². The summed E-state index contributed by atoms with van der Waals surface area (Å²) in [6.07, 6.45) is 0. The highest BCUT2D eigenvalue weighted by Gasteiger charge is 2.00. The van der Waals surface area contributed by atoms with E-state index >= 15 is 0 Å². The second-order valence-electron chi connectivity index (χ2n) is 1.15. The molecule has 0 aromatic rings. The molecule has 0 atom stereocenters. The molecular weight excluding hydrogens is 288 g/mol. The van der Waals surface area contributed by atoms with Crippen molar-refractivity contribution in [1.29, 1.82) is 0 Å². The molecule has 0 aromatic heterocycles. The van der Waals surface area contributed by atoms with Crippen LogP contribution < -0.4 is 0 Å². The Morgan fingerprint density at radius 1 is 0.857 bits per heavy atom. The maximum absolute atomic E-state index is 3.34. The molecule has 0 saturated heterocycles. The fourth-order valence-electron chi connectivity index (χ4n) is 0.107. The largest absolute Gasteiger partial charge is 0.0921 e. The molecule has 0 nitrogen and oxygen atoms in total. The minimum absolute atomic E-state index is 0.990. The predicted octanol–water partition coefficient (Wildman–Crippen LogP) is 2.75. The van der Waals surface area contributed by atoms with Crippen molar-refractivity contribution in [2.45, 2.75) is 0 Å². The Bertz CT molecular complexity index is 28.4. The minimum Gasteiger partial charge on any atom is -0.0921 e. The third-order valence-electron chi connectivity index (χ3n) is 0.567. The summed E-state index contributed by atoms with van der Waals surface area (Å²) in [7, 11) is 0. The molecule has 0 aromatic carbocycles. The molecule has 43 valence electrons. The first kappa shape index (κ1) is 8.44. The summed E-state index contributed by atoms with van der Waals surface area (Å²) in [5.74, 6) is 1.43. The molecule has 0 N–H and O–H groups in total. The first-order valence-electron chi connectivity index (χ1n) is 1.86. The monoisotopic (exact) mass is 291 g/mol. The van der Waals surface area contributed by atoms with Crippen LogP contribution in [0.3, 0.4) is 0 Å². The van der Waals surface area contributed by atoms with Crippen LogP contribution in [0.1, 0.15) is 0 Å². The molecule has 0 aliphatic heterocycles. The van der Waals surface area contributed by atoms with Crippen LogP contribution in [0.15, 0.2) is 0 Å². The summed E-state index contributed by atoms with van der Waals surface area (Å²) < 4.78 is 0. The molecule has 0 heterocycles. The molecule has 7 heavy (non-hydrogen) atoms. The Kier molecular flexibility index (Phi) is 6.72. The molecule has 0 unspecified atom stereocenters. The van der Waals surface area contributed by atoms with Crippen molar-refractivity contribution in [2.75, 3.05) is 16.0 Å². The van der Waals surface area contributed by atoms with Crippen molar-refractivity contribution in [2.24, 2.45) is 0 Å². The Morgan fingerprint density at radius 3 is 1.14 bits per heavy atom. The summed E-state index contributed by atoms with van der Waals surface area (Å²) in [5, 5.41) is 2.97. The highest BCUT2D eigenvalue weighted by atomic mass is 79.9. The van der Waals surface area contributed by atoms with Gasteiger partial charge in [0.25, 0.3) is 0 Å². The smallest absolute Gasteiger partial charge is 0.0110 e. The highest BCUT2D eigenvalue weighted by Crippen LogP contribution is 2.10. The zero-order valence-electron chi connectivity index (χ0n) is 3.76. The van der Waals surface area contributed by atoms with Gasteiger partial charge in [-0.05, 0) is 0 Å². The van der Waals surface area contributed by atoms with Gasteiger partial charge in [-0.2, -0.15) is 0 Å². The van der Waals surface area contributed by atoms with Gasteiger partial charge in [0.2, 0.25) is 0 Å². The van der Waals surface area contributed by atoms with Gasteiger partial charge in [0.1, 0.15) is 0 Å². The van der Waals surface area contributed by atoms with Crippen molar-refractivity contribution in [3.05, 3.63) is 5.92 Å². The second kappa shape index (κ2) is 5.57. The molecule has 1 radical (unpaired) electrons. The standard InChI is InChI=1S/C4H6Br3/c5-1-4(2-6)3-7/h1-3H2. The predicted molar refractivity (Wildman–Crippen MR) is 44.6 cm³/mol. The van der Waals surface area contributed by atoms with Crippen LogP contribution in [0.5, 0.6) is 0 Å². The Morgan fingerprint density at radius 2 is 1.14 bits per heavy atom. The molecule has 0 rings (SSSR count). The second-order valence-corrected chi connectivity index (χ2v) is 2.83. The van der Waals surface area contributed by atoms with E-state index in [0.29, 0.717) is 0 Å². The molecule has 0 aliphatic rings. The number of hydrogen-bond acceptors (Lipinski definition) is 0. The van der Waals surface area contributed by atoms with E-state index in [1.54, 1.807) is 0 Å². The maximum atomic E-state index is 3.34. The molecular formula is C4H6Br3. The van der Waals surface area contributed by atoms with Gasteiger partial charge in [-0.1, -0.05) is 47.8 Å². The molecule has 3 heteroatoms. The van der Waals surface area contributed by atoms with Gasteiger partial charge in [0.15, 0.2) is 0 Å². The van der Waals surface area contributed by atoms with E-state index in [-0.39, 0.29) is 0 Å². The van der Waals surface area contributed by atoms with Crippen LogP contribution in [0, 0.1) is 5.92 Å². The van der Waals surface area contributed by atoms with E-state index in [4.69, 9.17) is 0 Å². The van der Waals surface area contributed by atoms with Gasteiger partial charge >= 0.3 is 0 Å². The fourth-order valence-corrected chi connectivity index (χ4v) is 2.89. The Balaban J connectivity index is 2.99. The summed E-state index contributed by atoms with van der Waals surface area (Å²) in [5.41, 5.74) is 0. The van der Waals surface area contributed by atoms with Crippen LogP contribution in [-0.2, 0) is 0 Å². The SMILES string of the molecule is BrC[C](CBr)CBr. The zero-order valence-corrected chi connectivity index (χ0v) is 8.51. The van der Waals surface area contributed by atoms with Crippen LogP contribution in [0.25, 0.3) is 0 Å². The molecule has 0 fully saturated rings. The third kappa shape index (κ3) is 3.98. The normalized spacial score (nSPS) is 10.3. The highest BCUT2D eigenvalue weighted by molar-refractivity contribution is 9.10. The van der Waals surface area contributed by atoms with E-state index in [1.165, 1.54) is 5.92 Å². The lowest BCUT2D eigenvalue weighted by molar-refractivity contribution is 1.18. The van der Waals surface area contributed by atoms with Crippen LogP contribution in [0.2, 0.25) is 0 Å². The van der Waals surface area contributed by atoms with Crippen molar-refractivity contribution in [1.82, 2.24) is 0 Å². The van der Waals surface area contributed by atoms with Crippen molar-refractivity contribution < 1.29 is 0 Å². The fraction of sp³-hybridized carbons (Fsp3) is 0.750. The van der Waals surface area contributed by atoms with E-state index < -0.39 is 0 Å². The van der Waals surface area contributed by atoms with E-state index in [1.807, 2.05) is 0 Å². The van der Waals surface area contributed by atoms with Gasteiger partial charge in [-0.25, -0.2) is 0 Å². The zero-order chi connectivity index (χ0) is 5.70. The molecule has 0 bridgehead atoms. The summed E-state index contributed by atoms with van der Waals surface area (Å²) in [4.78, 5) is 0. The lowest BCUT2D eigenvalue weighted by atomic mass is 10.3. The van der Waals surface area contributed by atoms with Crippen molar-refractivity contribution in [3.8, 4) is 0 Å². The molecule has 0 spiro atoms. The van der Waals surface area contributed by atoms with Gasteiger partial charge < -0.3 is 0 Å². The van der Waals surface area contributed by atoms with E-state index in [9.17, 15) is 0 Å². The third-order valence-corrected chi connectivity index (χ3v) is 2.95. The number of alkyl halides is 3. The maximum Gasteiger partial charge on any atom is 0.0110 e. The average Bonchev–Trinajstić information content (AvgIpc) is 1.72. The summed E-state index contributed by atoms with van der Waals surface area (Å²) >= 11 is 10.0. The summed E-state index contributed by atoms with van der Waals surface area (Å²) in [6.45, 7) is 0. The number of hydrogen-bond donors (Lipinski definition) is 0. The van der Waals surface area contributed by atoms with Gasteiger partial charge in [-0.3, -0.25) is 0 Å². The van der Waals surface area contributed by atoms with Crippen LogP contribution in [-0.4, -0.2) is 16.0 Å². The first-order valence-corrected chi connectivity index (χ1v) is 5.23. The van der Waals surface area contributed by atoms with Crippen molar-refractivity contribution in [3.63, 3.8) is 0 Å². The number of rotatable bonds is 3. The molecule has 0 saturated carbocycles. The lowest BCUT2D eigenvalue weighted by Crippen LogP contribution is -2.00.